The zero-order valence-corrected chi connectivity index (χ0v) is 13.5. The van der Waals surface area contributed by atoms with E-state index in [1.54, 1.807) is 24.3 Å². The maximum Gasteiger partial charge on any atom is 0.261 e. The second-order valence-corrected chi connectivity index (χ2v) is 7.01. The van der Waals surface area contributed by atoms with Crippen molar-refractivity contribution in [2.75, 3.05) is 10.5 Å². The third-order valence-electron chi connectivity index (χ3n) is 3.79. The van der Waals surface area contributed by atoms with E-state index in [1.165, 1.54) is 0 Å². The van der Waals surface area contributed by atoms with Gasteiger partial charge in [-0.05, 0) is 68.1 Å². The van der Waals surface area contributed by atoms with E-state index >= 15 is 0 Å². The molecule has 0 saturated heterocycles. The highest BCUT2D eigenvalue weighted by Gasteiger charge is 2.18. The third kappa shape index (κ3) is 3.03. The van der Waals surface area contributed by atoms with E-state index in [2.05, 4.69) is 4.72 Å². The molecule has 2 aromatic carbocycles. The smallest absolute Gasteiger partial charge is 0.261 e. The van der Waals surface area contributed by atoms with Crippen LogP contribution in [0, 0.1) is 27.7 Å². The minimum atomic E-state index is -3.64. The van der Waals surface area contributed by atoms with Crippen molar-refractivity contribution in [3.05, 3.63) is 52.6 Å². The molecular formula is C16H20N2O2S. The molecule has 0 amide bonds. The Hall–Kier alpha value is -2.01. The number of nitrogen functional groups attached to an aromatic ring is 1. The predicted octanol–water partition coefficient (Wildman–Crippen LogP) is 3.30. The van der Waals surface area contributed by atoms with Gasteiger partial charge < -0.3 is 5.73 Å². The minimum absolute atomic E-state index is 0.242. The molecule has 0 aliphatic carbocycles. The Morgan fingerprint density at radius 3 is 2.14 bits per heavy atom. The Labute approximate surface area is 126 Å². The summed E-state index contributed by atoms with van der Waals surface area (Å²) in [6.45, 7) is 7.61. The molecule has 0 heterocycles. The van der Waals surface area contributed by atoms with Crippen LogP contribution in [0.3, 0.4) is 0 Å². The largest absolute Gasteiger partial charge is 0.397 e. The summed E-state index contributed by atoms with van der Waals surface area (Å²) in [6.07, 6.45) is 0. The molecule has 0 bridgehead atoms. The van der Waals surface area contributed by atoms with Crippen LogP contribution in [0.4, 0.5) is 11.4 Å². The highest BCUT2D eigenvalue weighted by Crippen LogP contribution is 2.28. The first kappa shape index (κ1) is 15.4. The summed E-state index contributed by atoms with van der Waals surface area (Å²) in [6, 6.07) is 8.65. The van der Waals surface area contributed by atoms with Crippen LogP contribution in [-0.2, 0) is 10.0 Å². The van der Waals surface area contributed by atoms with Crippen LogP contribution in [-0.4, -0.2) is 8.42 Å². The lowest BCUT2D eigenvalue weighted by Crippen LogP contribution is -2.15. The number of nitrogens with two attached hydrogens (primary N) is 1. The molecule has 2 aromatic rings. The van der Waals surface area contributed by atoms with Crippen molar-refractivity contribution in [1.29, 1.82) is 0 Å². The molecule has 112 valence electrons. The van der Waals surface area contributed by atoms with Crippen LogP contribution in [0.25, 0.3) is 0 Å². The van der Waals surface area contributed by atoms with Crippen LogP contribution in [0.2, 0.25) is 0 Å². The maximum absolute atomic E-state index is 12.5. The van der Waals surface area contributed by atoms with Gasteiger partial charge in [0, 0.05) is 0 Å². The summed E-state index contributed by atoms with van der Waals surface area (Å²) < 4.78 is 27.6. The van der Waals surface area contributed by atoms with E-state index in [1.807, 2.05) is 33.8 Å². The van der Waals surface area contributed by atoms with Gasteiger partial charge in [0.25, 0.3) is 10.0 Å². The lowest BCUT2D eigenvalue weighted by molar-refractivity contribution is 0.601. The van der Waals surface area contributed by atoms with Crippen LogP contribution in [0.5, 0.6) is 0 Å². The van der Waals surface area contributed by atoms with Gasteiger partial charge in [0.1, 0.15) is 0 Å². The number of anilines is 2. The molecule has 0 aliphatic heterocycles. The lowest BCUT2D eigenvalue weighted by Gasteiger charge is -2.15. The van der Waals surface area contributed by atoms with E-state index in [9.17, 15) is 8.42 Å². The van der Waals surface area contributed by atoms with Gasteiger partial charge in [-0.1, -0.05) is 12.1 Å². The molecule has 0 aromatic heterocycles. The highest BCUT2D eigenvalue weighted by atomic mass is 32.2. The van der Waals surface area contributed by atoms with Crippen molar-refractivity contribution in [2.45, 2.75) is 32.6 Å². The number of benzene rings is 2. The summed E-state index contributed by atoms with van der Waals surface area (Å²) in [5.41, 5.74) is 10.6. The Bertz CT molecular complexity index is 796. The molecule has 0 aliphatic rings. The Balaban J connectivity index is 2.47. The second-order valence-electron chi connectivity index (χ2n) is 5.32. The maximum atomic E-state index is 12.5. The van der Waals surface area contributed by atoms with Crippen LogP contribution >= 0.6 is 0 Å². The first-order valence-electron chi connectivity index (χ1n) is 6.68. The first-order chi connectivity index (χ1) is 9.72. The SMILES string of the molecule is Cc1ccc(S(=O)(=O)Nc2c(N)ccc(C)c2C)cc1C. The number of hydrogen-bond acceptors (Lipinski definition) is 3. The Kier molecular flexibility index (Phi) is 3.96. The van der Waals surface area contributed by atoms with Gasteiger partial charge in [0.05, 0.1) is 16.3 Å². The molecule has 3 N–H and O–H groups in total. The summed E-state index contributed by atoms with van der Waals surface area (Å²) in [5, 5.41) is 0. The molecule has 5 heteroatoms. The minimum Gasteiger partial charge on any atom is -0.397 e. The molecule has 0 spiro atoms. The van der Waals surface area contributed by atoms with Crippen molar-refractivity contribution in [3.8, 4) is 0 Å². The van der Waals surface area contributed by atoms with Gasteiger partial charge in [-0.15, -0.1) is 0 Å². The number of nitrogens with one attached hydrogen (secondary N) is 1. The molecule has 0 unspecified atom stereocenters. The Morgan fingerprint density at radius 2 is 1.52 bits per heavy atom. The van der Waals surface area contributed by atoms with E-state index < -0.39 is 10.0 Å². The standard InChI is InChI=1S/C16H20N2O2S/c1-10-5-7-14(9-12(10)3)21(19,20)18-16-13(4)11(2)6-8-15(16)17/h5-9,18H,17H2,1-4H3. The predicted molar refractivity (Wildman–Crippen MR) is 87.1 cm³/mol. The second kappa shape index (κ2) is 5.41. The summed E-state index contributed by atoms with van der Waals surface area (Å²) in [4.78, 5) is 0.242. The molecular weight excluding hydrogens is 284 g/mol. The number of aryl methyl sites for hydroxylation is 3. The van der Waals surface area contributed by atoms with Gasteiger partial charge in [-0.2, -0.15) is 0 Å². The van der Waals surface area contributed by atoms with Gasteiger partial charge >= 0.3 is 0 Å². The molecule has 2 rings (SSSR count). The van der Waals surface area contributed by atoms with E-state index in [-0.39, 0.29) is 4.90 Å². The Morgan fingerprint density at radius 1 is 0.905 bits per heavy atom. The fraction of sp³-hybridized carbons (Fsp3) is 0.250. The zero-order chi connectivity index (χ0) is 15.8. The third-order valence-corrected chi connectivity index (χ3v) is 5.14. The fourth-order valence-electron chi connectivity index (χ4n) is 2.05. The molecule has 0 radical (unpaired) electrons. The van der Waals surface area contributed by atoms with Crippen LogP contribution < -0.4 is 10.5 Å². The van der Waals surface area contributed by atoms with Crippen molar-refractivity contribution >= 4 is 21.4 Å². The monoisotopic (exact) mass is 304 g/mol. The van der Waals surface area contributed by atoms with Gasteiger partial charge in [-0.3, -0.25) is 4.72 Å². The topological polar surface area (TPSA) is 72.2 Å². The number of rotatable bonds is 3. The summed E-state index contributed by atoms with van der Waals surface area (Å²) in [5.74, 6) is 0. The average molecular weight is 304 g/mol. The highest BCUT2D eigenvalue weighted by molar-refractivity contribution is 7.92. The normalized spacial score (nSPS) is 11.4. The molecule has 0 fully saturated rings. The molecule has 0 atom stereocenters. The van der Waals surface area contributed by atoms with Gasteiger partial charge in [0.2, 0.25) is 0 Å². The molecule has 21 heavy (non-hydrogen) atoms. The van der Waals surface area contributed by atoms with Crippen molar-refractivity contribution in [1.82, 2.24) is 0 Å². The molecule has 0 saturated carbocycles. The van der Waals surface area contributed by atoms with Crippen LogP contribution in [0.15, 0.2) is 35.2 Å². The zero-order valence-electron chi connectivity index (χ0n) is 12.7. The fourth-order valence-corrected chi connectivity index (χ4v) is 3.28. The van der Waals surface area contributed by atoms with Crippen LogP contribution in [0.1, 0.15) is 22.3 Å². The number of hydrogen-bond donors (Lipinski definition) is 2. The van der Waals surface area contributed by atoms with E-state index in [0.717, 1.165) is 22.3 Å². The first-order valence-corrected chi connectivity index (χ1v) is 8.16. The van der Waals surface area contributed by atoms with Crippen molar-refractivity contribution in [2.24, 2.45) is 0 Å². The van der Waals surface area contributed by atoms with Crippen molar-refractivity contribution < 1.29 is 8.42 Å². The van der Waals surface area contributed by atoms with Gasteiger partial charge in [0.15, 0.2) is 0 Å². The average Bonchev–Trinajstić information content (AvgIpc) is 2.42. The van der Waals surface area contributed by atoms with E-state index in [4.69, 9.17) is 5.73 Å². The summed E-state index contributed by atoms with van der Waals surface area (Å²) >= 11 is 0. The lowest BCUT2D eigenvalue weighted by atomic mass is 10.1. The van der Waals surface area contributed by atoms with E-state index in [0.29, 0.717) is 11.4 Å². The quantitative estimate of drug-likeness (QED) is 0.855. The number of sulfonamides is 1. The summed E-state index contributed by atoms with van der Waals surface area (Å²) in [7, 11) is -3.64. The van der Waals surface area contributed by atoms with Crippen molar-refractivity contribution in [3.63, 3.8) is 0 Å². The molecule has 4 nitrogen and oxygen atoms in total. The van der Waals surface area contributed by atoms with Gasteiger partial charge in [-0.25, -0.2) is 8.42 Å².